The molecule has 0 amide bonds. The zero-order chi connectivity index (χ0) is 22.0. The van der Waals surface area contributed by atoms with Crippen molar-refractivity contribution >= 4 is 17.9 Å². The van der Waals surface area contributed by atoms with Gasteiger partial charge >= 0.3 is 0 Å². The van der Waals surface area contributed by atoms with Gasteiger partial charge in [0.1, 0.15) is 17.6 Å². The highest BCUT2D eigenvalue weighted by Gasteiger charge is 2.25. The van der Waals surface area contributed by atoms with Crippen LogP contribution >= 0.6 is 12.2 Å². The van der Waals surface area contributed by atoms with Crippen LogP contribution in [0.25, 0.3) is 11.4 Å². The first-order valence-electron chi connectivity index (χ1n) is 10.5. The van der Waals surface area contributed by atoms with Crippen molar-refractivity contribution in [3.63, 3.8) is 0 Å². The molecule has 2 aromatic carbocycles. The third kappa shape index (κ3) is 4.75. The summed E-state index contributed by atoms with van der Waals surface area (Å²) in [6.45, 7) is 4.08. The van der Waals surface area contributed by atoms with E-state index < -0.39 is 0 Å². The third-order valence-electron chi connectivity index (χ3n) is 5.65. The lowest BCUT2D eigenvalue weighted by Gasteiger charge is -2.15. The molecule has 0 saturated heterocycles. The van der Waals surface area contributed by atoms with Gasteiger partial charge in [0.25, 0.3) is 0 Å². The number of hydrogen-bond donors (Lipinski definition) is 3. The highest BCUT2D eigenvalue weighted by Crippen LogP contribution is 2.31. The Bertz CT molecular complexity index is 1090. The summed E-state index contributed by atoms with van der Waals surface area (Å²) < 4.78 is 13.7. The lowest BCUT2D eigenvalue weighted by atomic mass is 9.99. The number of H-pyrrole nitrogens is 1. The van der Waals surface area contributed by atoms with E-state index in [9.17, 15) is 5.11 Å². The molecule has 1 aliphatic rings. The number of aromatic amines is 1. The van der Waals surface area contributed by atoms with Crippen LogP contribution in [-0.4, -0.2) is 39.3 Å². The number of phenols is 1. The van der Waals surface area contributed by atoms with Crippen LogP contribution in [0, 0.1) is 4.77 Å². The van der Waals surface area contributed by atoms with E-state index in [1.165, 1.54) is 0 Å². The minimum Gasteiger partial charge on any atom is -0.508 e. The second-order valence-electron chi connectivity index (χ2n) is 8.16. The van der Waals surface area contributed by atoms with Gasteiger partial charge in [-0.15, -0.1) is 0 Å². The second-order valence-corrected chi connectivity index (χ2v) is 8.55. The number of methoxy groups -OCH3 is 1. The third-order valence-corrected chi connectivity index (χ3v) is 5.92. The molecule has 1 saturated carbocycles. The van der Waals surface area contributed by atoms with Gasteiger partial charge in [0.05, 0.1) is 11.8 Å². The van der Waals surface area contributed by atoms with Gasteiger partial charge < -0.3 is 14.6 Å². The summed E-state index contributed by atoms with van der Waals surface area (Å²) in [5.41, 5.74) is 5.88. The van der Waals surface area contributed by atoms with E-state index in [1.807, 2.05) is 50.2 Å². The monoisotopic (exact) mass is 440 g/mol. The highest BCUT2D eigenvalue weighted by atomic mass is 32.1. The smallest absolute Gasteiger partial charge is 0.214 e. The minimum atomic E-state index is 0.190. The highest BCUT2D eigenvalue weighted by molar-refractivity contribution is 7.71. The van der Waals surface area contributed by atoms with Crippen LogP contribution in [0.5, 0.6) is 11.5 Å². The van der Waals surface area contributed by atoms with Crippen LogP contribution in [0.3, 0.4) is 0 Å². The van der Waals surface area contributed by atoms with E-state index in [2.05, 4.69) is 15.6 Å². The summed E-state index contributed by atoms with van der Waals surface area (Å²) in [7, 11) is 1.75. The molecule has 1 heterocycles. The predicted molar refractivity (Wildman–Crippen MR) is 123 cm³/mol. The molecule has 31 heavy (non-hydrogen) atoms. The molecule has 7 nitrogen and oxygen atoms in total. The molecule has 1 aromatic heterocycles. The Hall–Kier alpha value is -2.84. The lowest BCUT2D eigenvalue weighted by Crippen LogP contribution is -2.14. The van der Waals surface area contributed by atoms with Crippen LogP contribution in [0.4, 0.5) is 5.69 Å². The van der Waals surface area contributed by atoms with Gasteiger partial charge in [0.2, 0.25) is 4.77 Å². The summed E-state index contributed by atoms with van der Waals surface area (Å²) in [6, 6.07) is 13.3. The van der Waals surface area contributed by atoms with Crippen LogP contribution < -0.4 is 10.2 Å². The van der Waals surface area contributed by atoms with Crippen molar-refractivity contribution in [3.8, 4) is 22.9 Å². The molecule has 164 valence electrons. The van der Waals surface area contributed by atoms with Crippen molar-refractivity contribution in [1.82, 2.24) is 14.9 Å². The number of ether oxygens (including phenoxy) is 2. The maximum absolute atomic E-state index is 10.1. The number of benzene rings is 2. The van der Waals surface area contributed by atoms with Gasteiger partial charge in [0, 0.05) is 19.1 Å². The van der Waals surface area contributed by atoms with Crippen molar-refractivity contribution in [2.45, 2.75) is 51.2 Å². The Morgan fingerprint density at radius 3 is 2.58 bits per heavy atom. The number of nitrogens with one attached hydrogen (secondary N) is 2. The van der Waals surface area contributed by atoms with Gasteiger partial charge in [-0.3, -0.25) is 5.43 Å². The van der Waals surface area contributed by atoms with Crippen molar-refractivity contribution in [2.75, 3.05) is 12.5 Å². The summed E-state index contributed by atoms with van der Waals surface area (Å²) in [5, 5.41) is 17.3. The van der Waals surface area contributed by atoms with Crippen molar-refractivity contribution in [1.29, 1.82) is 0 Å². The number of nitrogens with zero attached hydrogens (tertiary/aromatic N) is 2. The zero-order valence-electron chi connectivity index (χ0n) is 18.0. The molecule has 1 fully saturated rings. The first-order chi connectivity index (χ1) is 14.9. The van der Waals surface area contributed by atoms with E-state index in [0.29, 0.717) is 16.7 Å². The molecular formula is C23H28N4O3S. The fraction of sp³-hybridized carbons (Fsp3) is 0.391. The molecule has 3 aromatic rings. The molecule has 0 aliphatic heterocycles. The number of anilines is 1. The maximum Gasteiger partial charge on any atom is 0.214 e. The van der Waals surface area contributed by atoms with Crippen molar-refractivity contribution < 1.29 is 14.6 Å². The Morgan fingerprint density at radius 2 is 1.90 bits per heavy atom. The van der Waals surface area contributed by atoms with Crippen molar-refractivity contribution in [3.05, 3.63) is 52.8 Å². The largest absolute Gasteiger partial charge is 0.508 e. The zero-order valence-corrected chi connectivity index (χ0v) is 18.8. The molecule has 8 heteroatoms. The second kappa shape index (κ2) is 9.11. The van der Waals surface area contributed by atoms with Gasteiger partial charge in [-0.25, -0.2) is 9.77 Å². The molecule has 2 atom stereocenters. The Morgan fingerprint density at radius 1 is 1.16 bits per heavy atom. The maximum atomic E-state index is 10.1. The van der Waals surface area contributed by atoms with Gasteiger partial charge in [-0.1, -0.05) is 13.8 Å². The van der Waals surface area contributed by atoms with E-state index in [0.717, 1.165) is 41.8 Å². The van der Waals surface area contributed by atoms with Crippen LogP contribution in [0.1, 0.15) is 44.6 Å². The molecule has 3 N–H and O–H groups in total. The van der Waals surface area contributed by atoms with Crippen LogP contribution in [0.15, 0.2) is 42.5 Å². The minimum absolute atomic E-state index is 0.190. The van der Waals surface area contributed by atoms with Crippen LogP contribution in [0.2, 0.25) is 0 Å². The molecule has 0 radical (unpaired) electrons. The quantitative estimate of drug-likeness (QED) is 0.435. The first kappa shape index (κ1) is 21.4. The predicted octanol–water partition coefficient (Wildman–Crippen LogP) is 5.26. The number of rotatable bonds is 7. The molecular weight excluding hydrogens is 412 g/mol. The lowest BCUT2D eigenvalue weighted by molar-refractivity contribution is 0.0947. The number of aromatic nitrogens is 3. The summed E-state index contributed by atoms with van der Waals surface area (Å²) in [4.78, 5) is 0. The summed E-state index contributed by atoms with van der Waals surface area (Å²) in [6.07, 6.45) is 3.47. The first-order valence-corrected chi connectivity index (χ1v) is 10.9. The fourth-order valence-corrected chi connectivity index (χ4v) is 4.08. The SMILES string of the molecule is COC1CCC(Oc2ccc(Nn3c(-c4ccc(O)c(C(C)C)c4)n[nH]c3=S)cc2)C1. The summed E-state index contributed by atoms with van der Waals surface area (Å²) >= 11 is 5.42. The van der Waals surface area contributed by atoms with Crippen LogP contribution in [-0.2, 0) is 4.74 Å². The van der Waals surface area contributed by atoms with E-state index in [-0.39, 0.29) is 17.8 Å². The standard InChI is InChI=1S/C23H28N4O3S/c1-14(2)20-12-15(4-11-21(20)28)22-24-25-23(31)27(22)26-16-5-7-17(8-6-16)30-19-10-9-18(13-19)29-3/h4-8,11-12,14,18-19,26,28H,9-10,13H2,1-3H3,(H,25,31). The normalized spacial score (nSPS) is 18.5. The topological polar surface area (TPSA) is 84.3 Å². The molecule has 0 spiro atoms. The summed E-state index contributed by atoms with van der Waals surface area (Å²) in [5.74, 6) is 1.95. The number of hydrogen-bond acceptors (Lipinski definition) is 6. The molecule has 1 aliphatic carbocycles. The average Bonchev–Trinajstić information content (AvgIpc) is 3.36. The molecule has 4 rings (SSSR count). The molecule has 2 unspecified atom stereocenters. The number of phenolic OH excluding ortho intramolecular Hbond substituents is 1. The fourth-order valence-electron chi connectivity index (χ4n) is 3.90. The van der Waals surface area contributed by atoms with Gasteiger partial charge in [-0.2, -0.15) is 5.10 Å². The van der Waals surface area contributed by atoms with E-state index in [4.69, 9.17) is 21.7 Å². The Kier molecular flexibility index (Phi) is 6.29. The Balaban J connectivity index is 1.51. The Labute approximate surface area is 187 Å². The average molecular weight is 441 g/mol. The number of aromatic hydroxyl groups is 1. The van der Waals surface area contributed by atoms with Crippen molar-refractivity contribution in [2.24, 2.45) is 0 Å². The van der Waals surface area contributed by atoms with E-state index in [1.54, 1.807) is 17.9 Å². The van der Waals surface area contributed by atoms with E-state index >= 15 is 0 Å². The van der Waals surface area contributed by atoms with Gasteiger partial charge in [0.15, 0.2) is 5.82 Å². The molecule has 0 bridgehead atoms. The van der Waals surface area contributed by atoms with Gasteiger partial charge in [-0.05, 0) is 79.0 Å².